The predicted molar refractivity (Wildman–Crippen MR) is 95.0 cm³/mol. The first-order chi connectivity index (χ1) is 12.0. The fraction of sp³-hybridized carbons (Fsp3) is 0.211. The van der Waals surface area contributed by atoms with Gasteiger partial charge in [0.25, 0.3) is 0 Å². The summed E-state index contributed by atoms with van der Waals surface area (Å²) in [6.07, 6.45) is -0.561. The minimum atomic E-state index is -4.33. The average Bonchev–Trinajstić information content (AvgIpc) is 3.15. The van der Waals surface area contributed by atoms with E-state index in [2.05, 4.69) is 16.4 Å². The van der Waals surface area contributed by atoms with E-state index in [1.807, 2.05) is 6.07 Å². The van der Waals surface area contributed by atoms with Crippen LogP contribution in [0.4, 0.5) is 13.2 Å². The van der Waals surface area contributed by atoms with Gasteiger partial charge in [0.1, 0.15) is 12.0 Å². The van der Waals surface area contributed by atoms with Crippen LogP contribution in [0.1, 0.15) is 16.7 Å². The number of rotatable bonds is 2. The molecule has 0 radical (unpaired) electrons. The zero-order chi connectivity index (χ0) is 17.4. The topological polar surface area (TPSA) is 38.1 Å². The normalized spacial score (nSPS) is 13.8. The fourth-order valence-electron chi connectivity index (χ4n) is 3.22. The Hall–Kier alpha value is -2.31. The number of alkyl halides is 3. The van der Waals surface area contributed by atoms with Gasteiger partial charge in [0, 0.05) is 12.1 Å². The second-order valence-corrected chi connectivity index (χ2v) is 6.04. The third-order valence-corrected chi connectivity index (χ3v) is 4.46. The van der Waals surface area contributed by atoms with Crippen LogP contribution < -0.4 is 5.32 Å². The van der Waals surface area contributed by atoms with Crippen LogP contribution in [0.5, 0.6) is 0 Å². The molecule has 1 aliphatic heterocycles. The smallest absolute Gasteiger partial charge is 0.416 e. The molecule has 1 aromatic heterocycles. The first kappa shape index (κ1) is 18.5. The van der Waals surface area contributed by atoms with Crippen molar-refractivity contribution in [3.63, 3.8) is 0 Å². The molecule has 0 aliphatic carbocycles. The van der Waals surface area contributed by atoms with Gasteiger partial charge in [-0.05, 0) is 59.5 Å². The predicted octanol–water partition coefficient (Wildman–Crippen LogP) is 5.09. The van der Waals surface area contributed by atoms with Crippen LogP contribution in [0.3, 0.4) is 0 Å². The second-order valence-electron chi connectivity index (χ2n) is 6.04. The van der Waals surface area contributed by atoms with Gasteiger partial charge >= 0.3 is 6.18 Å². The molecule has 0 bridgehead atoms. The number of oxazole rings is 1. The largest absolute Gasteiger partial charge is 0.451 e. The van der Waals surface area contributed by atoms with Crippen LogP contribution in [-0.4, -0.2) is 11.5 Å². The summed E-state index contributed by atoms with van der Waals surface area (Å²) in [5, 5.41) is 3.33. The molecule has 0 atom stereocenters. The fourth-order valence-corrected chi connectivity index (χ4v) is 3.22. The van der Waals surface area contributed by atoms with E-state index in [0.717, 1.165) is 53.9 Å². The van der Waals surface area contributed by atoms with Crippen LogP contribution >= 0.6 is 12.4 Å². The summed E-state index contributed by atoms with van der Waals surface area (Å²) in [6.45, 7) is 1.58. The Labute approximate surface area is 154 Å². The third kappa shape index (κ3) is 3.48. The summed E-state index contributed by atoms with van der Waals surface area (Å²) in [6, 6.07) is 9.37. The van der Waals surface area contributed by atoms with E-state index in [9.17, 15) is 13.2 Å². The minimum Gasteiger partial charge on any atom is -0.451 e. The molecule has 2 heterocycles. The highest BCUT2D eigenvalue weighted by Crippen LogP contribution is 2.35. The molecule has 0 spiro atoms. The number of fused-ring (bicyclic) bond motifs is 1. The maximum atomic E-state index is 12.8. The molecule has 0 amide bonds. The maximum Gasteiger partial charge on any atom is 0.416 e. The molecule has 7 heteroatoms. The van der Waals surface area contributed by atoms with E-state index < -0.39 is 11.7 Å². The van der Waals surface area contributed by atoms with Gasteiger partial charge in [0.15, 0.2) is 6.39 Å². The van der Waals surface area contributed by atoms with E-state index in [0.29, 0.717) is 5.69 Å². The van der Waals surface area contributed by atoms with Crippen molar-refractivity contribution >= 4 is 12.4 Å². The zero-order valence-corrected chi connectivity index (χ0v) is 14.5. The Balaban J connectivity index is 0.00000196. The van der Waals surface area contributed by atoms with Gasteiger partial charge in [-0.1, -0.05) is 12.1 Å². The molecular formula is C19H16ClF3N2O. The Morgan fingerprint density at radius 3 is 2.46 bits per heavy atom. The van der Waals surface area contributed by atoms with Gasteiger partial charge < -0.3 is 9.73 Å². The summed E-state index contributed by atoms with van der Waals surface area (Å²) in [4.78, 5) is 4.18. The van der Waals surface area contributed by atoms with Crippen molar-refractivity contribution in [2.24, 2.45) is 0 Å². The summed E-state index contributed by atoms with van der Waals surface area (Å²) in [5.74, 6) is 0. The second kappa shape index (κ2) is 7.13. The molecular weight excluding hydrogens is 365 g/mol. The van der Waals surface area contributed by atoms with Crippen molar-refractivity contribution in [3.8, 4) is 22.4 Å². The lowest BCUT2D eigenvalue weighted by Crippen LogP contribution is -2.24. The van der Waals surface area contributed by atoms with E-state index in [4.69, 9.17) is 4.42 Å². The first-order valence-corrected chi connectivity index (χ1v) is 7.95. The van der Waals surface area contributed by atoms with E-state index in [-0.39, 0.29) is 12.4 Å². The van der Waals surface area contributed by atoms with Crippen LogP contribution in [-0.2, 0) is 19.1 Å². The number of nitrogens with zero attached hydrogens (tertiary/aromatic N) is 1. The molecule has 1 aliphatic rings. The molecule has 3 aromatic rings. The molecule has 4 rings (SSSR count). The van der Waals surface area contributed by atoms with E-state index in [1.165, 1.54) is 24.1 Å². The quantitative estimate of drug-likeness (QED) is 0.672. The highest BCUT2D eigenvalue weighted by Gasteiger charge is 2.30. The van der Waals surface area contributed by atoms with Crippen LogP contribution in [0.15, 0.2) is 53.5 Å². The molecule has 0 unspecified atom stereocenters. The Kier molecular flexibility index (Phi) is 5.07. The van der Waals surface area contributed by atoms with Crippen molar-refractivity contribution in [1.29, 1.82) is 0 Å². The van der Waals surface area contributed by atoms with Crippen molar-refractivity contribution in [3.05, 3.63) is 65.7 Å². The molecule has 0 saturated carbocycles. The number of halogens is 4. The Morgan fingerprint density at radius 1 is 1.04 bits per heavy atom. The molecule has 2 aromatic carbocycles. The lowest BCUT2D eigenvalue weighted by Gasteiger charge is -2.22. The van der Waals surface area contributed by atoms with Crippen LogP contribution in [0, 0.1) is 0 Å². The Bertz CT molecular complexity index is 890. The molecule has 26 heavy (non-hydrogen) atoms. The lowest BCUT2D eigenvalue weighted by atomic mass is 9.88. The SMILES string of the molecule is Cl.FC(F)(F)c1ccc(-c2cc(-c3cocn3)cc3c2CCNC3)cc1. The highest BCUT2D eigenvalue weighted by atomic mass is 35.5. The Morgan fingerprint density at radius 2 is 1.81 bits per heavy atom. The standard InChI is InChI=1S/C19H15F3N2O.ClH/c20-19(21,22)15-3-1-12(2-4-15)17-8-13(18-10-25-11-24-18)7-14-9-23-6-5-16(14)17;/h1-4,7-8,10-11,23H,5-6,9H2;1H. The third-order valence-electron chi connectivity index (χ3n) is 4.46. The van der Waals surface area contributed by atoms with E-state index in [1.54, 1.807) is 6.26 Å². The highest BCUT2D eigenvalue weighted by molar-refractivity contribution is 5.85. The van der Waals surface area contributed by atoms with Gasteiger partial charge in [0.2, 0.25) is 0 Å². The number of hydrogen-bond donors (Lipinski definition) is 1. The number of nitrogens with one attached hydrogen (secondary N) is 1. The lowest BCUT2D eigenvalue weighted by molar-refractivity contribution is -0.137. The summed E-state index contributed by atoms with van der Waals surface area (Å²) in [7, 11) is 0. The van der Waals surface area contributed by atoms with Gasteiger partial charge in [-0.15, -0.1) is 12.4 Å². The van der Waals surface area contributed by atoms with Crippen LogP contribution in [0.2, 0.25) is 0 Å². The van der Waals surface area contributed by atoms with Gasteiger partial charge in [0.05, 0.1) is 5.56 Å². The molecule has 0 fully saturated rings. The molecule has 0 saturated heterocycles. The number of aromatic nitrogens is 1. The van der Waals surface area contributed by atoms with Crippen molar-refractivity contribution in [2.75, 3.05) is 6.54 Å². The monoisotopic (exact) mass is 380 g/mol. The average molecular weight is 381 g/mol. The summed E-state index contributed by atoms with van der Waals surface area (Å²) >= 11 is 0. The summed E-state index contributed by atoms with van der Waals surface area (Å²) < 4.78 is 43.5. The minimum absolute atomic E-state index is 0. The summed E-state index contributed by atoms with van der Waals surface area (Å²) in [5.41, 5.74) is 5.00. The molecule has 1 N–H and O–H groups in total. The van der Waals surface area contributed by atoms with Crippen molar-refractivity contribution in [1.82, 2.24) is 10.3 Å². The van der Waals surface area contributed by atoms with Crippen molar-refractivity contribution in [2.45, 2.75) is 19.1 Å². The molecule has 3 nitrogen and oxygen atoms in total. The maximum absolute atomic E-state index is 12.8. The van der Waals surface area contributed by atoms with Gasteiger partial charge in [-0.2, -0.15) is 13.2 Å². The number of benzene rings is 2. The van der Waals surface area contributed by atoms with Gasteiger partial charge in [-0.3, -0.25) is 0 Å². The molecule has 136 valence electrons. The van der Waals surface area contributed by atoms with Crippen molar-refractivity contribution < 1.29 is 17.6 Å². The zero-order valence-electron chi connectivity index (χ0n) is 13.6. The first-order valence-electron chi connectivity index (χ1n) is 7.95. The van der Waals surface area contributed by atoms with Gasteiger partial charge in [-0.25, -0.2) is 4.98 Å². The number of hydrogen-bond acceptors (Lipinski definition) is 3. The van der Waals surface area contributed by atoms with E-state index >= 15 is 0 Å². The van der Waals surface area contributed by atoms with Crippen LogP contribution in [0.25, 0.3) is 22.4 Å².